The summed E-state index contributed by atoms with van der Waals surface area (Å²) in [5.74, 6) is 0.703. The lowest BCUT2D eigenvalue weighted by atomic mass is 9.59. The van der Waals surface area contributed by atoms with E-state index in [1.165, 1.54) is 25.7 Å². The molecule has 0 heterocycles. The molecule has 14 heavy (non-hydrogen) atoms. The van der Waals surface area contributed by atoms with Crippen molar-refractivity contribution in [2.75, 3.05) is 0 Å². The van der Waals surface area contributed by atoms with Crippen molar-refractivity contribution in [2.24, 2.45) is 11.3 Å². The number of aliphatic hydroxyl groups excluding tert-OH is 1. The van der Waals surface area contributed by atoms with Crippen molar-refractivity contribution in [1.82, 2.24) is 0 Å². The Hall–Kier alpha value is -0.0800. The zero-order valence-corrected chi connectivity index (χ0v) is 8.71. The third-order valence-corrected chi connectivity index (χ3v) is 5.19. The standard InChI is InChI=1S/C12H20O2/c13-10-7-9-3-1-2-4-11(9)5-6-12(10,14)8-11/h9-10,13-14H,1-8H2. The first-order valence-corrected chi connectivity index (χ1v) is 6.05. The van der Waals surface area contributed by atoms with Gasteiger partial charge < -0.3 is 10.2 Å². The average Bonchev–Trinajstić information content (AvgIpc) is 2.46. The lowest BCUT2D eigenvalue weighted by Gasteiger charge is -2.48. The SMILES string of the molecule is OC1CC2CCCCC23CCC1(O)C3. The summed E-state index contributed by atoms with van der Waals surface area (Å²) in [6.45, 7) is 0. The molecule has 80 valence electrons. The van der Waals surface area contributed by atoms with E-state index in [0.717, 1.165) is 25.7 Å². The fraction of sp³-hybridized carbons (Fsp3) is 1.00. The Morgan fingerprint density at radius 3 is 2.79 bits per heavy atom. The molecular formula is C12H20O2. The minimum Gasteiger partial charge on any atom is -0.390 e. The molecule has 1 spiro atoms. The molecule has 0 aromatic heterocycles. The second-order valence-electron chi connectivity index (χ2n) is 5.84. The number of hydrogen-bond donors (Lipinski definition) is 2. The van der Waals surface area contributed by atoms with E-state index < -0.39 is 11.7 Å². The molecule has 3 aliphatic rings. The molecule has 2 bridgehead atoms. The summed E-state index contributed by atoms with van der Waals surface area (Å²) in [5, 5.41) is 20.2. The van der Waals surface area contributed by atoms with Gasteiger partial charge in [0, 0.05) is 0 Å². The zero-order valence-electron chi connectivity index (χ0n) is 8.71. The largest absolute Gasteiger partial charge is 0.390 e. The van der Waals surface area contributed by atoms with Crippen LogP contribution >= 0.6 is 0 Å². The summed E-state index contributed by atoms with van der Waals surface area (Å²) in [4.78, 5) is 0. The molecular weight excluding hydrogens is 176 g/mol. The van der Waals surface area contributed by atoms with Gasteiger partial charge in [0.15, 0.2) is 0 Å². The van der Waals surface area contributed by atoms with E-state index in [1.807, 2.05) is 0 Å². The van der Waals surface area contributed by atoms with Crippen LogP contribution in [0.15, 0.2) is 0 Å². The Kier molecular flexibility index (Phi) is 1.79. The molecule has 3 saturated carbocycles. The summed E-state index contributed by atoms with van der Waals surface area (Å²) in [7, 11) is 0. The summed E-state index contributed by atoms with van der Waals surface area (Å²) in [6.07, 6.45) is 8.54. The molecule has 4 atom stereocenters. The van der Waals surface area contributed by atoms with Gasteiger partial charge in [-0.05, 0) is 49.9 Å². The minimum atomic E-state index is -0.714. The van der Waals surface area contributed by atoms with Gasteiger partial charge in [0.05, 0.1) is 11.7 Å². The Bertz CT molecular complexity index is 253. The maximum atomic E-state index is 10.3. The van der Waals surface area contributed by atoms with Gasteiger partial charge >= 0.3 is 0 Å². The summed E-state index contributed by atoms with van der Waals surface area (Å²) < 4.78 is 0. The lowest BCUT2D eigenvalue weighted by Crippen LogP contribution is -2.49. The second kappa shape index (κ2) is 2.73. The molecule has 2 nitrogen and oxygen atoms in total. The molecule has 0 saturated heterocycles. The van der Waals surface area contributed by atoms with Gasteiger partial charge in [0.2, 0.25) is 0 Å². The van der Waals surface area contributed by atoms with E-state index in [9.17, 15) is 10.2 Å². The second-order valence-corrected chi connectivity index (χ2v) is 5.84. The van der Waals surface area contributed by atoms with Crippen molar-refractivity contribution >= 4 is 0 Å². The molecule has 3 aliphatic carbocycles. The Morgan fingerprint density at radius 1 is 1.07 bits per heavy atom. The van der Waals surface area contributed by atoms with Crippen LogP contribution in [0.4, 0.5) is 0 Å². The monoisotopic (exact) mass is 196 g/mol. The zero-order chi connectivity index (χ0) is 9.81. The summed E-state index contributed by atoms with van der Waals surface area (Å²) in [5.41, 5.74) is -0.292. The molecule has 3 rings (SSSR count). The molecule has 0 aromatic carbocycles. The first kappa shape index (κ1) is 9.17. The van der Waals surface area contributed by atoms with Crippen molar-refractivity contribution in [2.45, 2.75) is 63.1 Å². The molecule has 2 N–H and O–H groups in total. The Morgan fingerprint density at radius 2 is 1.93 bits per heavy atom. The molecule has 3 fully saturated rings. The maximum Gasteiger partial charge on any atom is 0.0911 e. The first-order chi connectivity index (χ1) is 6.65. The molecule has 4 unspecified atom stereocenters. The van der Waals surface area contributed by atoms with Gasteiger partial charge in [-0.1, -0.05) is 12.8 Å². The van der Waals surface area contributed by atoms with Crippen LogP contribution in [0.1, 0.15) is 51.4 Å². The number of rotatable bonds is 0. The number of hydrogen-bond acceptors (Lipinski definition) is 2. The fourth-order valence-corrected chi connectivity index (χ4v) is 4.33. The predicted molar refractivity (Wildman–Crippen MR) is 53.8 cm³/mol. The number of aliphatic hydroxyl groups is 2. The van der Waals surface area contributed by atoms with Gasteiger partial charge in [-0.25, -0.2) is 0 Å². The van der Waals surface area contributed by atoms with Crippen LogP contribution in [-0.4, -0.2) is 21.9 Å². The highest BCUT2D eigenvalue weighted by Gasteiger charge is 2.58. The van der Waals surface area contributed by atoms with Crippen LogP contribution in [-0.2, 0) is 0 Å². The van der Waals surface area contributed by atoms with Crippen LogP contribution in [0.25, 0.3) is 0 Å². The van der Waals surface area contributed by atoms with E-state index in [0.29, 0.717) is 11.3 Å². The van der Waals surface area contributed by atoms with Crippen molar-refractivity contribution in [3.63, 3.8) is 0 Å². The Labute approximate surface area is 85.3 Å². The van der Waals surface area contributed by atoms with Gasteiger partial charge in [-0.2, -0.15) is 0 Å². The first-order valence-electron chi connectivity index (χ1n) is 6.05. The van der Waals surface area contributed by atoms with Crippen molar-refractivity contribution in [3.05, 3.63) is 0 Å². The van der Waals surface area contributed by atoms with Gasteiger partial charge in [-0.3, -0.25) is 0 Å². The maximum absolute atomic E-state index is 10.3. The fourth-order valence-electron chi connectivity index (χ4n) is 4.33. The molecule has 2 heteroatoms. The van der Waals surface area contributed by atoms with Crippen molar-refractivity contribution < 1.29 is 10.2 Å². The van der Waals surface area contributed by atoms with Crippen LogP contribution in [0.5, 0.6) is 0 Å². The summed E-state index contributed by atoms with van der Waals surface area (Å²) in [6, 6.07) is 0. The van der Waals surface area contributed by atoms with E-state index in [1.54, 1.807) is 0 Å². The Balaban J connectivity index is 1.92. The molecule has 0 aliphatic heterocycles. The lowest BCUT2D eigenvalue weighted by molar-refractivity contribution is -0.126. The molecule has 0 radical (unpaired) electrons. The highest BCUT2D eigenvalue weighted by atomic mass is 16.3. The van der Waals surface area contributed by atoms with E-state index in [-0.39, 0.29) is 0 Å². The highest BCUT2D eigenvalue weighted by Crippen LogP contribution is 2.61. The van der Waals surface area contributed by atoms with Crippen molar-refractivity contribution in [3.8, 4) is 0 Å². The minimum absolute atomic E-state index is 0.423. The van der Waals surface area contributed by atoms with E-state index >= 15 is 0 Å². The average molecular weight is 196 g/mol. The normalized spacial score (nSPS) is 57.0. The van der Waals surface area contributed by atoms with Crippen LogP contribution in [0, 0.1) is 11.3 Å². The third kappa shape index (κ3) is 1.04. The topological polar surface area (TPSA) is 40.5 Å². The quantitative estimate of drug-likeness (QED) is 0.620. The third-order valence-electron chi connectivity index (χ3n) is 5.19. The van der Waals surface area contributed by atoms with Crippen LogP contribution < -0.4 is 0 Å². The predicted octanol–water partition coefficient (Wildman–Crippen LogP) is 1.84. The van der Waals surface area contributed by atoms with Crippen molar-refractivity contribution in [1.29, 1.82) is 0 Å². The van der Waals surface area contributed by atoms with E-state index in [4.69, 9.17) is 0 Å². The number of fused-ring (bicyclic) bond motifs is 1. The van der Waals surface area contributed by atoms with Gasteiger partial charge in [0.25, 0.3) is 0 Å². The van der Waals surface area contributed by atoms with Crippen LogP contribution in [0.3, 0.4) is 0 Å². The van der Waals surface area contributed by atoms with Gasteiger partial charge in [0.1, 0.15) is 0 Å². The van der Waals surface area contributed by atoms with E-state index in [2.05, 4.69) is 0 Å². The van der Waals surface area contributed by atoms with Gasteiger partial charge in [-0.15, -0.1) is 0 Å². The summed E-state index contributed by atoms with van der Waals surface area (Å²) >= 11 is 0. The molecule has 0 amide bonds. The molecule has 0 aromatic rings. The smallest absolute Gasteiger partial charge is 0.0911 e. The van der Waals surface area contributed by atoms with Crippen LogP contribution in [0.2, 0.25) is 0 Å². The highest BCUT2D eigenvalue weighted by molar-refractivity contribution is 5.10.